The van der Waals surface area contributed by atoms with Crippen molar-refractivity contribution in [2.45, 2.75) is 50.2 Å². The standard InChI is InChI=1S/C12H24N2O/c1-15-11-5-4-8-14(9-11)12(10-13)6-2-3-7-12/h11H,2-10,13H2,1H3. The highest BCUT2D eigenvalue weighted by Gasteiger charge is 2.40. The number of likely N-dealkylation sites (tertiary alicyclic amines) is 1. The Balaban J connectivity index is 2.01. The van der Waals surface area contributed by atoms with Crippen molar-refractivity contribution in [2.75, 3.05) is 26.7 Å². The lowest BCUT2D eigenvalue weighted by Crippen LogP contribution is -2.56. The van der Waals surface area contributed by atoms with Crippen LogP contribution >= 0.6 is 0 Å². The highest BCUT2D eigenvalue weighted by molar-refractivity contribution is 4.97. The number of piperidine rings is 1. The molecule has 2 rings (SSSR count). The minimum Gasteiger partial charge on any atom is -0.380 e. The van der Waals surface area contributed by atoms with Gasteiger partial charge in [-0.15, -0.1) is 0 Å². The van der Waals surface area contributed by atoms with Crippen molar-refractivity contribution in [2.24, 2.45) is 5.73 Å². The van der Waals surface area contributed by atoms with Crippen molar-refractivity contribution in [3.05, 3.63) is 0 Å². The van der Waals surface area contributed by atoms with Gasteiger partial charge in [-0.2, -0.15) is 0 Å². The Bertz CT molecular complexity index is 202. The zero-order valence-corrected chi connectivity index (χ0v) is 9.87. The summed E-state index contributed by atoms with van der Waals surface area (Å²) >= 11 is 0. The summed E-state index contributed by atoms with van der Waals surface area (Å²) in [6, 6.07) is 0. The van der Waals surface area contributed by atoms with E-state index in [1.54, 1.807) is 0 Å². The largest absolute Gasteiger partial charge is 0.380 e. The summed E-state index contributed by atoms with van der Waals surface area (Å²) in [4.78, 5) is 2.61. The molecule has 1 saturated heterocycles. The summed E-state index contributed by atoms with van der Waals surface area (Å²) < 4.78 is 5.49. The lowest BCUT2D eigenvalue weighted by atomic mass is 9.92. The molecule has 3 heteroatoms. The first-order chi connectivity index (χ1) is 7.30. The van der Waals surface area contributed by atoms with E-state index in [9.17, 15) is 0 Å². The van der Waals surface area contributed by atoms with Crippen LogP contribution in [0.2, 0.25) is 0 Å². The predicted octanol–water partition coefficient (Wildman–Crippen LogP) is 1.37. The molecule has 0 aromatic heterocycles. The van der Waals surface area contributed by atoms with Gasteiger partial charge >= 0.3 is 0 Å². The minimum absolute atomic E-state index is 0.317. The maximum absolute atomic E-state index is 6.00. The lowest BCUT2D eigenvalue weighted by Gasteiger charge is -2.44. The van der Waals surface area contributed by atoms with Gasteiger partial charge in [0.2, 0.25) is 0 Å². The monoisotopic (exact) mass is 212 g/mol. The van der Waals surface area contributed by atoms with E-state index in [0.717, 1.165) is 13.1 Å². The fourth-order valence-corrected chi connectivity index (χ4v) is 3.24. The molecule has 0 spiro atoms. The molecule has 88 valence electrons. The molecule has 1 atom stereocenters. The first-order valence-electron chi connectivity index (χ1n) is 6.29. The average molecular weight is 212 g/mol. The van der Waals surface area contributed by atoms with Crippen LogP contribution < -0.4 is 5.73 Å². The van der Waals surface area contributed by atoms with Gasteiger partial charge in [0.15, 0.2) is 0 Å². The second kappa shape index (κ2) is 4.81. The Morgan fingerprint density at radius 2 is 2.07 bits per heavy atom. The van der Waals surface area contributed by atoms with Gasteiger partial charge in [-0.25, -0.2) is 0 Å². The van der Waals surface area contributed by atoms with E-state index in [1.165, 1.54) is 45.1 Å². The van der Waals surface area contributed by atoms with E-state index < -0.39 is 0 Å². The molecule has 0 amide bonds. The molecule has 2 fully saturated rings. The van der Waals surface area contributed by atoms with Crippen molar-refractivity contribution in [3.63, 3.8) is 0 Å². The summed E-state index contributed by atoms with van der Waals surface area (Å²) in [5, 5.41) is 0. The van der Waals surface area contributed by atoms with E-state index >= 15 is 0 Å². The number of hydrogen-bond acceptors (Lipinski definition) is 3. The Hall–Kier alpha value is -0.120. The van der Waals surface area contributed by atoms with Crippen molar-refractivity contribution < 1.29 is 4.74 Å². The molecule has 1 saturated carbocycles. The molecular formula is C12H24N2O. The quantitative estimate of drug-likeness (QED) is 0.768. The van der Waals surface area contributed by atoms with Gasteiger partial charge in [-0.3, -0.25) is 4.90 Å². The number of nitrogens with zero attached hydrogens (tertiary/aromatic N) is 1. The maximum atomic E-state index is 6.00. The molecule has 1 aliphatic carbocycles. The minimum atomic E-state index is 0.317. The smallest absolute Gasteiger partial charge is 0.0698 e. The molecule has 1 aliphatic heterocycles. The summed E-state index contributed by atoms with van der Waals surface area (Å²) in [7, 11) is 1.83. The topological polar surface area (TPSA) is 38.5 Å². The van der Waals surface area contributed by atoms with Crippen LogP contribution in [-0.4, -0.2) is 43.3 Å². The SMILES string of the molecule is COC1CCCN(C2(CN)CCCC2)C1. The number of rotatable bonds is 3. The first kappa shape index (κ1) is 11.4. The molecule has 2 aliphatic rings. The van der Waals surface area contributed by atoms with Gasteiger partial charge in [0.25, 0.3) is 0 Å². The molecule has 2 N–H and O–H groups in total. The Morgan fingerprint density at radius 3 is 2.67 bits per heavy atom. The van der Waals surface area contributed by atoms with Gasteiger partial charge in [0.05, 0.1) is 6.10 Å². The highest BCUT2D eigenvalue weighted by atomic mass is 16.5. The van der Waals surface area contributed by atoms with Gasteiger partial charge < -0.3 is 10.5 Å². The van der Waals surface area contributed by atoms with Gasteiger partial charge in [0.1, 0.15) is 0 Å². The fraction of sp³-hybridized carbons (Fsp3) is 1.00. The van der Waals surface area contributed by atoms with E-state index in [2.05, 4.69) is 4.90 Å². The molecule has 1 heterocycles. The second-order valence-corrected chi connectivity index (χ2v) is 5.08. The first-order valence-corrected chi connectivity index (χ1v) is 6.29. The summed E-state index contributed by atoms with van der Waals surface area (Å²) in [6.45, 7) is 3.13. The van der Waals surface area contributed by atoms with Crippen molar-refractivity contribution in [1.82, 2.24) is 4.90 Å². The molecular weight excluding hydrogens is 188 g/mol. The number of nitrogens with two attached hydrogens (primary N) is 1. The van der Waals surface area contributed by atoms with E-state index in [1.807, 2.05) is 7.11 Å². The van der Waals surface area contributed by atoms with Crippen LogP contribution in [0.5, 0.6) is 0 Å². The van der Waals surface area contributed by atoms with Crippen LogP contribution in [0.4, 0.5) is 0 Å². The number of methoxy groups -OCH3 is 1. The van der Waals surface area contributed by atoms with Crippen molar-refractivity contribution in [1.29, 1.82) is 0 Å². The average Bonchev–Trinajstić information content (AvgIpc) is 2.79. The third-order valence-corrected chi connectivity index (χ3v) is 4.30. The van der Waals surface area contributed by atoms with Crippen molar-refractivity contribution >= 4 is 0 Å². The third-order valence-electron chi connectivity index (χ3n) is 4.30. The summed E-state index contributed by atoms with van der Waals surface area (Å²) in [6.07, 6.45) is 8.20. The molecule has 1 unspecified atom stereocenters. The normalized spacial score (nSPS) is 32.0. The van der Waals surface area contributed by atoms with Gasteiger partial charge in [-0.05, 0) is 32.2 Å². The Kier molecular flexibility index (Phi) is 3.65. The van der Waals surface area contributed by atoms with Crippen LogP contribution in [0.25, 0.3) is 0 Å². The van der Waals surface area contributed by atoms with Crippen molar-refractivity contribution in [3.8, 4) is 0 Å². The summed E-state index contributed by atoms with van der Waals surface area (Å²) in [5.41, 5.74) is 6.32. The van der Waals surface area contributed by atoms with Crippen LogP contribution in [-0.2, 0) is 4.74 Å². The lowest BCUT2D eigenvalue weighted by molar-refractivity contribution is -0.0152. The highest BCUT2D eigenvalue weighted by Crippen LogP contribution is 2.36. The molecule has 0 aromatic rings. The molecule has 0 radical (unpaired) electrons. The van der Waals surface area contributed by atoms with Gasteiger partial charge in [0, 0.05) is 25.7 Å². The second-order valence-electron chi connectivity index (χ2n) is 5.08. The van der Waals surface area contributed by atoms with Crippen LogP contribution in [0.3, 0.4) is 0 Å². The zero-order chi connectivity index (χ0) is 10.7. The molecule has 0 bridgehead atoms. The fourth-order valence-electron chi connectivity index (χ4n) is 3.24. The van der Waals surface area contributed by atoms with Crippen LogP contribution in [0.15, 0.2) is 0 Å². The maximum Gasteiger partial charge on any atom is 0.0698 e. The Morgan fingerprint density at radius 1 is 1.33 bits per heavy atom. The van der Waals surface area contributed by atoms with Gasteiger partial charge in [-0.1, -0.05) is 12.8 Å². The van der Waals surface area contributed by atoms with E-state index in [-0.39, 0.29) is 0 Å². The zero-order valence-electron chi connectivity index (χ0n) is 9.87. The van der Waals surface area contributed by atoms with E-state index in [4.69, 9.17) is 10.5 Å². The predicted molar refractivity (Wildman–Crippen MR) is 61.9 cm³/mol. The summed E-state index contributed by atoms with van der Waals surface area (Å²) in [5.74, 6) is 0. The molecule has 0 aromatic carbocycles. The molecule has 3 nitrogen and oxygen atoms in total. The molecule has 15 heavy (non-hydrogen) atoms. The number of hydrogen-bond donors (Lipinski definition) is 1. The van der Waals surface area contributed by atoms with Crippen LogP contribution in [0.1, 0.15) is 38.5 Å². The van der Waals surface area contributed by atoms with Crippen LogP contribution in [0, 0.1) is 0 Å². The van der Waals surface area contributed by atoms with E-state index in [0.29, 0.717) is 11.6 Å². The number of ether oxygens (including phenoxy) is 1. The third kappa shape index (κ3) is 2.19. The Labute approximate surface area is 93.0 Å².